The number of hydrogen-bond donors (Lipinski definition) is 1. The molecule has 0 bridgehead atoms. The number of nitrogens with zero attached hydrogens (tertiary/aromatic N) is 1. The SMILES string of the molecule is O=C(O)c1cccc(COc2ccc(/C=C3/SC(=O)N(CC4CCCCC4)C3=O)cc2Br)c1. The predicted octanol–water partition coefficient (Wildman–Crippen LogP) is 6.34. The number of aromatic carboxylic acids is 1. The van der Waals surface area contributed by atoms with Gasteiger partial charge in [-0.1, -0.05) is 37.5 Å². The Balaban J connectivity index is 1.41. The van der Waals surface area contributed by atoms with Crippen molar-refractivity contribution in [2.24, 2.45) is 5.92 Å². The quantitative estimate of drug-likeness (QED) is 0.421. The largest absolute Gasteiger partial charge is 0.488 e. The summed E-state index contributed by atoms with van der Waals surface area (Å²) in [5, 5.41) is 8.92. The van der Waals surface area contributed by atoms with E-state index >= 15 is 0 Å². The summed E-state index contributed by atoms with van der Waals surface area (Å²) in [7, 11) is 0. The second-order valence-electron chi connectivity index (χ2n) is 8.28. The van der Waals surface area contributed by atoms with Crippen LogP contribution in [0, 0.1) is 5.92 Å². The van der Waals surface area contributed by atoms with Crippen LogP contribution >= 0.6 is 27.7 Å². The molecule has 1 saturated heterocycles. The summed E-state index contributed by atoms with van der Waals surface area (Å²) < 4.78 is 6.53. The van der Waals surface area contributed by atoms with Gasteiger partial charge in [-0.25, -0.2) is 4.79 Å². The van der Waals surface area contributed by atoms with E-state index in [1.54, 1.807) is 30.3 Å². The van der Waals surface area contributed by atoms with Crippen LogP contribution in [-0.4, -0.2) is 33.7 Å². The first kappa shape index (κ1) is 23.6. The van der Waals surface area contributed by atoms with Gasteiger partial charge in [0, 0.05) is 6.54 Å². The number of amides is 2. The van der Waals surface area contributed by atoms with E-state index in [1.165, 1.54) is 30.2 Å². The molecule has 1 saturated carbocycles. The van der Waals surface area contributed by atoms with Gasteiger partial charge < -0.3 is 9.84 Å². The summed E-state index contributed by atoms with van der Waals surface area (Å²) in [5.41, 5.74) is 1.74. The molecule has 1 heterocycles. The van der Waals surface area contributed by atoms with E-state index in [9.17, 15) is 14.4 Å². The van der Waals surface area contributed by atoms with E-state index in [4.69, 9.17) is 9.84 Å². The monoisotopic (exact) mass is 529 g/mol. The molecule has 33 heavy (non-hydrogen) atoms. The second-order valence-corrected chi connectivity index (χ2v) is 10.1. The molecule has 2 aromatic rings. The van der Waals surface area contributed by atoms with E-state index < -0.39 is 5.97 Å². The highest BCUT2D eigenvalue weighted by Crippen LogP contribution is 2.36. The zero-order chi connectivity index (χ0) is 23.4. The first-order valence-electron chi connectivity index (χ1n) is 10.9. The van der Waals surface area contributed by atoms with Crippen molar-refractivity contribution in [3.05, 3.63) is 68.5 Å². The van der Waals surface area contributed by atoms with Crippen molar-refractivity contribution < 1.29 is 24.2 Å². The minimum absolute atomic E-state index is 0.195. The molecule has 0 spiro atoms. The topological polar surface area (TPSA) is 83.9 Å². The van der Waals surface area contributed by atoms with E-state index in [0.717, 1.165) is 35.7 Å². The Labute approximate surface area is 205 Å². The van der Waals surface area contributed by atoms with E-state index in [0.29, 0.717) is 27.6 Å². The summed E-state index contributed by atoms with van der Waals surface area (Å²) in [5.74, 6) is -0.192. The molecule has 1 aliphatic carbocycles. The zero-order valence-corrected chi connectivity index (χ0v) is 20.4. The number of carboxylic acids is 1. The number of carboxylic acid groups (broad SMARTS) is 1. The molecule has 1 aliphatic heterocycles. The lowest BCUT2D eigenvalue weighted by atomic mass is 9.89. The highest BCUT2D eigenvalue weighted by Gasteiger charge is 2.36. The van der Waals surface area contributed by atoms with E-state index in [-0.39, 0.29) is 23.3 Å². The first-order valence-corrected chi connectivity index (χ1v) is 12.5. The maximum absolute atomic E-state index is 12.8. The van der Waals surface area contributed by atoms with Gasteiger partial charge in [0.05, 0.1) is 14.9 Å². The fraction of sp³-hybridized carbons (Fsp3) is 0.320. The van der Waals surface area contributed by atoms with Gasteiger partial charge in [-0.3, -0.25) is 14.5 Å². The molecule has 2 amide bonds. The molecule has 0 radical (unpaired) electrons. The number of carbonyl (C=O) groups is 3. The van der Waals surface area contributed by atoms with Crippen molar-refractivity contribution in [3.63, 3.8) is 0 Å². The molecule has 172 valence electrons. The highest BCUT2D eigenvalue weighted by molar-refractivity contribution is 9.10. The highest BCUT2D eigenvalue weighted by atomic mass is 79.9. The average Bonchev–Trinajstić information content (AvgIpc) is 3.06. The number of rotatable bonds is 7. The molecule has 1 N–H and O–H groups in total. The summed E-state index contributed by atoms with van der Waals surface area (Å²) in [6.45, 7) is 0.737. The normalized spacial score (nSPS) is 18.2. The van der Waals surface area contributed by atoms with Gasteiger partial charge in [-0.05, 0) is 87.9 Å². The molecular weight excluding hydrogens is 506 g/mol. The van der Waals surface area contributed by atoms with Crippen molar-refractivity contribution in [1.82, 2.24) is 4.90 Å². The second kappa shape index (κ2) is 10.6. The molecule has 0 atom stereocenters. The number of thioether (sulfide) groups is 1. The fourth-order valence-electron chi connectivity index (χ4n) is 4.12. The standard InChI is InChI=1S/C25H24BrNO5S/c26-20-12-17(9-10-21(20)32-15-18-7-4-8-19(11-18)24(29)30)13-22-23(28)27(25(31)33-22)14-16-5-2-1-3-6-16/h4,7-13,16H,1-3,5-6,14-15H2,(H,29,30)/b22-13+. The van der Waals surface area contributed by atoms with Crippen LogP contribution in [0.3, 0.4) is 0 Å². The molecule has 0 unspecified atom stereocenters. The summed E-state index contributed by atoms with van der Waals surface area (Å²) in [6, 6.07) is 12.0. The Hall–Kier alpha value is -2.58. The number of hydrogen-bond acceptors (Lipinski definition) is 5. The minimum Gasteiger partial charge on any atom is -0.488 e. The van der Waals surface area contributed by atoms with Gasteiger partial charge in [-0.15, -0.1) is 0 Å². The van der Waals surface area contributed by atoms with Crippen LogP contribution in [0.2, 0.25) is 0 Å². The average molecular weight is 530 g/mol. The summed E-state index contributed by atoms with van der Waals surface area (Å²) in [6.07, 6.45) is 7.47. The number of imide groups is 1. The molecule has 4 rings (SSSR count). The van der Waals surface area contributed by atoms with Crippen molar-refractivity contribution >= 4 is 50.9 Å². The molecule has 2 fully saturated rings. The van der Waals surface area contributed by atoms with Crippen LogP contribution in [0.25, 0.3) is 6.08 Å². The summed E-state index contributed by atoms with van der Waals surface area (Å²) >= 11 is 4.49. The van der Waals surface area contributed by atoms with Gasteiger partial charge >= 0.3 is 5.97 Å². The van der Waals surface area contributed by atoms with Crippen molar-refractivity contribution in [1.29, 1.82) is 0 Å². The predicted molar refractivity (Wildman–Crippen MR) is 131 cm³/mol. The van der Waals surface area contributed by atoms with Gasteiger partial charge in [0.2, 0.25) is 0 Å². The lowest BCUT2D eigenvalue weighted by Gasteiger charge is -2.25. The summed E-state index contributed by atoms with van der Waals surface area (Å²) in [4.78, 5) is 38.2. The van der Waals surface area contributed by atoms with Crippen LogP contribution < -0.4 is 4.74 Å². The zero-order valence-electron chi connectivity index (χ0n) is 18.0. The third kappa shape index (κ3) is 5.86. The number of carbonyl (C=O) groups excluding carboxylic acids is 2. The van der Waals surface area contributed by atoms with Crippen LogP contribution in [0.15, 0.2) is 51.8 Å². The van der Waals surface area contributed by atoms with Crippen molar-refractivity contribution in [2.45, 2.75) is 38.7 Å². The van der Waals surface area contributed by atoms with Gasteiger partial charge in [0.25, 0.3) is 11.1 Å². The molecule has 2 aromatic carbocycles. The Morgan fingerprint density at radius 3 is 2.67 bits per heavy atom. The fourth-order valence-corrected chi connectivity index (χ4v) is 5.48. The molecule has 6 nitrogen and oxygen atoms in total. The number of ether oxygens (including phenoxy) is 1. The molecule has 0 aromatic heterocycles. The lowest BCUT2D eigenvalue weighted by Crippen LogP contribution is -2.34. The maximum atomic E-state index is 12.8. The lowest BCUT2D eigenvalue weighted by molar-refractivity contribution is -0.123. The van der Waals surface area contributed by atoms with Gasteiger partial charge in [0.15, 0.2) is 0 Å². The maximum Gasteiger partial charge on any atom is 0.335 e. The Morgan fingerprint density at radius 1 is 1.15 bits per heavy atom. The van der Waals surface area contributed by atoms with Gasteiger partial charge in [-0.2, -0.15) is 0 Å². The van der Waals surface area contributed by atoms with E-state index in [2.05, 4.69) is 15.9 Å². The van der Waals surface area contributed by atoms with Crippen LogP contribution in [0.4, 0.5) is 4.79 Å². The van der Waals surface area contributed by atoms with E-state index in [1.807, 2.05) is 12.1 Å². The van der Waals surface area contributed by atoms with Crippen LogP contribution in [-0.2, 0) is 11.4 Å². The van der Waals surface area contributed by atoms with Crippen molar-refractivity contribution in [3.8, 4) is 5.75 Å². The van der Waals surface area contributed by atoms with Crippen LogP contribution in [0.1, 0.15) is 53.6 Å². The number of halogens is 1. The molecule has 2 aliphatic rings. The minimum atomic E-state index is -0.981. The molecular formula is C25H24BrNO5S. The smallest absolute Gasteiger partial charge is 0.335 e. The Kier molecular flexibility index (Phi) is 7.55. The third-order valence-electron chi connectivity index (χ3n) is 5.86. The molecule has 8 heteroatoms. The Morgan fingerprint density at radius 2 is 1.94 bits per heavy atom. The Bertz CT molecular complexity index is 1110. The van der Waals surface area contributed by atoms with Gasteiger partial charge in [0.1, 0.15) is 12.4 Å². The number of benzene rings is 2. The first-order chi connectivity index (χ1) is 15.9. The third-order valence-corrected chi connectivity index (χ3v) is 7.39. The van der Waals surface area contributed by atoms with Crippen molar-refractivity contribution in [2.75, 3.05) is 6.54 Å². The van der Waals surface area contributed by atoms with Crippen LogP contribution in [0.5, 0.6) is 5.75 Å².